The highest BCUT2D eigenvalue weighted by molar-refractivity contribution is 6.18. The molecule has 0 aliphatic heterocycles. The van der Waals surface area contributed by atoms with Gasteiger partial charge in [0.2, 0.25) is 0 Å². The minimum absolute atomic E-state index is 0.549. The third-order valence-electron chi connectivity index (χ3n) is 3.07. The lowest BCUT2D eigenvalue weighted by molar-refractivity contribution is 0.205. The van der Waals surface area contributed by atoms with Crippen LogP contribution in [0.5, 0.6) is 0 Å². The Kier molecular flexibility index (Phi) is 4.93. The van der Waals surface area contributed by atoms with Gasteiger partial charge in [-0.2, -0.15) is 5.10 Å². The molecule has 0 N–H and O–H groups in total. The molecule has 4 nitrogen and oxygen atoms in total. The molecule has 102 valence electrons. The number of fused-ring (bicyclic) bond motifs is 1. The normalized spacial score (nSPS) is 10.9. The van der Waals surface area contributed by atoms with Crippen molar-refractivity contribution in [3.63, 3.8) is 0 Å². The maximum Gasteiger partial charge on any atom is 0.159 e. The number of methoxy groups -OCH3 is 1. The smallest absolute Gasteiger partial charge is 0.159 e. The minimum atomic E-state index is 0.549. The standard InChI is InChI=1S/C14H18ClN3O/c1-11-12-5-3-4-6-13(12)14(17-16-11)18(8-7-15)9-10-19-2/h3-6H,7-10H2,1-2H3. The summed E-state index contributed by atoms with van der Waals surface area (Å²) in [6.07, 6.45) is 0. The summed E-state index contributed by atoms with van der Waals surface area (Å²) in [5.41, 5.74) is 0.942. The number of benzene rings is 1. The van der Waals surface area contributed by atoms with E-state index in [9.17, 15) is 0 Å². The molecule has 2 rings (SSSR count). The van der Waals surface area contributed by atoms with Crippen LogP contribution in [0.15, 0.2) is 24.3 Å². The van der Waals surface area contributed by atoms with Crippen LogP contribution in [0.3, 0.4) is 0 Å². The Morgan fingerprint density at radius 3 is 2.58 bits per heavy atom. The molecular weight excluding hydrogens is 262 g/mol. The van der Waals surface area contributed by atoms with Crippen molar-refractivity contribution in [2.75, 3.05) is 37.6 Å². The molecule has 0 aliphatic carbocycles. The predicted octanol–water partition coefficient (Wildman–Crippen LogP) is 2.63. The second kappa shape index (κ2) is 6.68. The molecule has 0 amide bonds. The molecule has 0 fully saturated rings. The van der Waals surface area contributed by atoms with Crippen molar-refractivity contribution in [3.05, 3.63) is 30.0 Å². The van der Waals surface area contributed by atoms with Gasteiger partial charge in [0, 0.05) is 36.9 Å². The minimum Gasteiger partial charge on any atom is -0.383 e. The molecule has 5 heteroatoms. The first-order valence-corrected chi connectivity index (χ1v) is 6.83. The van der Waals surface area contributed by atoms with Crippen molar-refractivity contribution in [2.24, 2.45) is 0 Å². The van der Waals surface area contributed by atoms with E-state index < -0.39 is 0 Å². The van der Waals surface area contributed by atoms with Gasteiger partial charge in [0.05, 0.1) is 12.3 Å². The Bertz CT molecular complexity index is 547. The lowest BCUT2D eigenvalue weighted by atomic mass is 10.1. The van der Waals surface area contributed by atoms with Crippen LogP contribution < -0.4 is 4.90 Å². The molecule has 0 bridgehead atoms. The van der Waals surface area contributed by atoms with Crippen molar-refractivity contribution in [1.29, 1.82) is 0 Å². The summed E-state index contributed by atoms with van der Waals surface area (Å²) in [5.74, 6) is 1.42. The molecule has 0 spiro atoms. The Balaban J connectivity index is 2.44. The van der Waals surface area contributed by atoms with Gasteiger partial charge in [-0.25, -0.2) is 0 Å². The van der Waals surface area contributed by atoms with Crippen molar-refractivity contribution in [2.45, 2.75) is 6.92 Å². The molecule has 2 aromatic rings. The maximum absolute atomic E-state index is 5.88. The van der Waals surface area contributed by atoms with E-state index in [4.69, 9.17) is 16.3 Å². The van der Waals surface area contributed by atoms with Gasteiger partial charge < -0.3 is 9.64 Å². The van der Waals surface area contributed by atoms with Gasteiger partial charge in [-0.05, 0) is 6.92 Å². The SMILES string of the molecule is COCCN(CCCl)c1nnc(C)c2ccccc12. The number of hydrogen-bond acceptors (Lipinski definition) is 4. The molecule has 0 saturated heterocycles. The van der Waals surface area contributed by atoms with Gasteiger partial charge in [0.15, 0.2) is 5.82 Å². The largest absolute Gasteiger partial charge is 0.383 e. The zero-order valence-corrected chi connectivity index (χ0v) is 12.0. The van der Waals surface area contributed by atoms with E-state index in [1.54, 1.807) is 7.11 Å². The fraction of sp³-hybridized carbons (Fsp3) is 0.429. The number of nitrogens with zero attached hydrogens (tertiary/aromatic N) is 3. The van der Waals surface area contributed by atoms with E-state index >= 15 is 0 Å². The molecule has 0 aliphatic rings. The fourth-order valence-electron chi connectivity index (χ4n) is 2.08. The van der Waals surface area contributed by atoms with Crippen molar-refractivity contribution in [1.82, 2.24) is 10.2 Å². The van der Waals surface area contributed by atoms with E-state index in [2.05, 4.69) is 27.2 Å². The van der Waals surface area contributed by atoms with Gasteiger partial charge in [-0.3, -0.25) is 0 Å². The van der Waals surface area contributed by atoms with Gasteiger partial charge >= 0.3 is 0 Å². The van der Waals surface area contributed by atoms with E-state index in [0.29, 0.717) is 12.5 Å². The average Bonchev–Trinajstić information content (AvgIpc) is 2.45. The van der Waals surface area contributed by atoms with Crippen LogP contribution in [0.1, 0.15) is 5.69 Å². The topological polar surface area (TPSA) is 38.2 Å². The van der Waals surface area contributed by atoms with Crippen LogP contribution in [0.2, 0.25) is 0 Å². The number of anilines is 1. The molecule has 1 aromatic heterocycles. The number of ether oxygens (including phenoxy) is 1. The van der Waals surface area contributed by atoms with E-state index in [1.807, 2.05) is 19.1 Å². The second-order valence-electron chi connectivity index (χ2n) is 4.32. The average molecular weight is 280 g/mol. The molecular formula is C14H18ClN3O. The summed E-state index contributed by atoms with van der Waals surface area (Å²) in [5, 5.41) is 10.8. The van der Waals surface area contributed by atoms with Crippen LogP contribution in [0, 0.1) is 6.92 Å². The van der Waals surface area contributed by atoms with Gasteiger partial charge in [-0.1, -0.05) is 24.3 Å². The van der Waals surface area contributed by atoms with Crippen LogP contribution in [0.25, 0.3) is 10.8 Å². The van der Waals surface area contributed by atoms with Crippen LogP contribution in [0.4, 0.5) is 5.82 Å². The van der Waals surface area contributed by atoms with Crippen LogP contribution >= 0.6 is 11.6 Å². The zero-order valence-electron chi connectivity index (χ0n) is 11.3. The number of rotatable bonds is 6. The van der Waals surface area contributed by atoms with Gasteiger partial charge in [-0.15, -0.1) is 16.7 Å². The number of alkyl halides is 1. The van der Waals surface area contributed by atoms with E-state index in [-0.39, 0.29) is 0 Å². The molecule has 0 unspecified atom stereocenters. The summed E-state index contributed by atoms with van der Waals surface area (Å²) in [6, 6.07) is 8.17. The molecule has 1 heterocycles. The predicted molar refractivity (Wildman–Crippen MR) is 79.1 cm³/mol. The highest BCUT2D eigenvalue weighted by Crippen LogP contribution is 2.25. The molecule has 0 radical (unpaired) electrons. The fourth-order valence-corrected chi connectivity index (χ4v) is 2.29. The highest BCUT2D eigenvalue weighted by Gasteiger charge is 2.13. The number of aromatic nitrogens is 2. The second-order valence-corrected chi connectivity index (χ2v) is 4.70. The number of hydrogen-bond donors (Lipinski definition) is 0. The summed E-state index contributed by atoms with van der Waals surface area (Å²) in [7, 11) is 1.69. The highest BCUT2D eigenvalue weighted by atomic mass is 35.5. The first-order valence-electron chi connectivity index (χ1n) is 6.29. The first kappa shape index (κ1) is 14.0. The van der Waals surface area contributed by atoms with E-state index in [0.717, 1.165) is 35.4 Å². The quantitative estimate of drug-likeness (QED) is 0.762. The van der Waals surface area contributed by atoms with Crippen molar-refractivity contribution in [3.8, 4) is 0 Å². The summed E-state index contributed by atoms with van der Waals surface area (Å²) < 4.78 is 5.14. The Morgan fingerprint density at radius 1 is 1.16 bits per heavy atom. The Hall–Kier alpha value is -1.39. The first-order chi connectivity index (χ1) is 9.27. The Morgan fingerprint density at radius 2 is 1.89 bits per heavy atom. The lowest BCUT2D eigenvalue weighted by Gasteiger charge is -2.23. The van der Waals surface area contributed by atoms with Gasteiger partial charge in [0.25, 0.3) is 0 Å². The lowest BCUT2D eigenvalue weighted by Crippen LogP contribution is -2.30. The third-order valence-corrected chi connectivity index (χ3v) is 3.24. The third kappa shape index (κ3) is 3.14. The van der Waals surface area contributed by atoms with Crippen LogP contribution in [-0.4, -0.2) is 42.9 Å². The number of halogens is 1. The van der Waals surface area contributed by atoms with Crippen molar-refractivity contribution >= 4 is 28.2 Å². The monoisotopic (exact) mass is 279 g/mol. The van der Waals surface area contributed by atoms with Crippen LogP contribution in [-0.2, 0) is 4.74 Å². The molecule has 0 saturated carbocycles. The van der Waals surface area contributed by atoms with E-state index in [1.165, 1.54) is 0 Å². The molecule has 19 heavy (non-hydrogen) atoms. The number of aryl methyl sites for hydroxylation is 1. The zero-order chi connectivity index (χ0) is 13.7. The molecule has 1 aromatic carbocycles. The Labute approximate surface area is 118 Å². The maximum atomic E-state index is 5.88. The summed E-state index contributed by atoms with van der Waals surface area (Å²) >= 11 is 5.88. The van der Waals surface area contributed by atoms with Crippen molar-refractivity contribution < 1.29 is 4.74 Å². The summed E-state index contributed by atoms with van der Waals surface area (Å²) in [6.45, 7) is 4.10. The molecule has 0 atom stereocenters. The summed E-state index contributed by atoms with van der Waals surface area (Å²) in [4.78, 5) is 2.12. The van der Waals surface area contributed by atoms with Gasteiger partial charge in [0.1, 0.15) is 0 Å².